The minimum atomic E-state index is -3.38. The number of ether oxygens (including phenoxy) is 1. The summed E-state index contributed by atoms with van der Waals surface area (Å²) in [4.78, 5) is 0.359. The van der Waals surface area contributed by atoms with Crippen LogP contribution in [0.2, 0.25) is 0 Å². The summed E-state index contributed by atoms with van der Waals surface area (Å²) in [5.41, 5.74) is 0. The molecule has 1 fully saturated rings. The Morgan fingerprint density at radius 1 is 1.10 bits per heavy atom. The first-order valence-corrected chi connectivity index (χ1v) is 8.93. The van der Waals surface area contributed by atoms with Crippen LogP contribution in [0.1, 0.15) is 19.8 Å². The van der Waals surface area contributed by atoms with E-state index in [0.717, 1.165) is 12.8 Å². The van der Waals surface area contributed by atoms with Crippen LogP contribution < -0.4 is 4.74 Å². The second-order valence-electron chi connectivity index (χ2n) is 5.69. The fourth-order valence-electron chi connectivity index (χ4n) is 3.19. The Kier molecular flexibility index (Phi) is 4.04. The molecule has 21 heavy (non-hydrogen) atoms. The van der Waals surface area contributed by atoms with Gasteiger partial charge in [0, 0.05) is 13.1 Å². The molecule has 0 amide bonds. The van der Waals surface area contributed by atoms with E-state index in [-0.39, 0.29) is 0 Å². The molecule has 1 aromatic rings. The van der Waals surface area contributed by atoms with Crippen molar-refractivity contribution in [3.8, 4) is 5.75 Å². The van der Waals surface area contributed by atoms with E-state index in [1.165, 1.54) is 0 Å². The van der Waals surface area contributed by atoms with Gasteiger partial charge in [0.15, 0.2) is 0 Å². The molecule has 1 aromatic carbocycles. The van der Waals surface area contributed by atoms with Gasteiger partial charge in [-0.25, -0.2) is 8.42 Å². The second-order valence-corrected chi connectivity index (χ2v) is 7.63. The third-order valence-electron chi connectivity index (χ3n) is 4.36. The van der Waals surface area contributed by atoms with E-state index in [2.05, 4.69) is 12.2 Å². The fraction of sp³-hybridized carbons (Fsp3) is 0.500. The lowest BCUT2D eigenvalue weighted by molar-refractivity contribution is 0.340. The summed E-state index contributed by atoms with van der Waals surface area (Å²) in [7, 11) is -3.38. The van der Waals surface area contributed by atoms with Gasteiger partial charge in [0.1, 0.15) is 5.75 Å². The molecule has 1 aliphatic heterocycles. The van der Waals surface area contributed by atoms with E-state index in [4.69, 9.17) is 4.74 Å². The van der Waals surface area contributed by atoms with Crippen molar-refractivity contribution in [1.82, 2.24) is 4.31 Å². The predicted molar refractivity (Wildman–Crippen MR) is 81.7 cm³/mol. The highest BCUT2D eigenvalue weighted by atomic mass is 32.2. The number of hydrogen-bond acceptors (Lipinski definition) is 3. The third kappa shape index (κ3) is 2.85. The van der Waals surface area contributed by atoms with Gasteiger partial charge in [-0.2, -0.15) is 4.31 Å². The first-order chi connectivity index (χ1) is 10.1. The first-order valence-electron chi connectivity index (χ1n) is 7.49. The molecule has 0 saturated carbocycles. The number of benzene rings is 1. The summed E-state index contributed by atoms with van der Waals surface area (Å²) < 4.78 is 32.4. The average molecular weight is 307 g/mol. The normalized spacial score (nSPS) is 25.8. The van der Waals surface area contributed by atoms with Gasteiger partial charge in [0.2, 0.25) is 10.0 Å². The molecule has 0 N–H and O–H groups in total. The van der Waals surface area contributed by atoms with Crippen LogP contribution in [0.4, 0.5) is 0 Å². The Morgan fingerprint density at radius 2 is 1.67 bits per heavy atom. The minimum Gasteiger partial charge on any atom is -0.494 e. The van der Waals surface area contributed by atoms with Gasteiger partial charge in [0.05, 0.1) is 11.5 Å². The Hall–Kier alpha value is -1.33. The van der Waals surface area contributed by atoms with Gasteiger partial charge < -0.3 is 4.74 Å². The predicted octanol–water partition coefficient (Wildman–Crippen LogP) is 2.67. The molecule has 3 rings (SSSR count). The monoisotopic (exact) mass is 307 g/mol. The molecule has 114 valence electrons. The molecule has 2 atom stereocenters. The molecule has 0 spiro atoms. The van der Waals surface area contributed by atoms with Crippen LogP contribution in [-0.4, -0.2) is 32.4 Å². The Balaban J connectivity index is 1.77. The van der Waals surface area contributed by atoms with Crippen LogP contribution in [0.15, 0.2) is 41.3 Å². The zero-order chi connectivity index (χ0) is 14.9. The molecular weight excluding hydrogens is 286 g/mol. The highest BCUT2D eigenvalue weighted by Gasteiger charge is 2.39. The lowest BCUT2D eigenvalue weighted by Crippen LogP contribution is -2.29. The van der Waals surface area contributed by atoms with Crippen LogP contribution in [0.5, 0.6) is 5.75 Å². The maximum Gasteiger partial charge on any atom is 0.243 e. The molecule has 4 nitrogen and oxygen atoms in total. The molecule has 1 saturated heterocycles. The van der Waals surface area contributed by atoms with Crippen LogP contribution >= 0.6 is 0 Å². The van der Waals surface area contributed by atoms with Crippen LogP contribution in [0, 0.1) is 11.8 Å². The summed E-state index contributed by atoms with van der Waals surface area (Å²) in [6.45, 7) is 3.77. The number of fused-ring (bicyclic) bond motifs is 1. The topological polar surface area (TPSA) is 46.6 Å². The van der Waals surface area contributed by atoms with Crippen molar-refractivity contribution in [2.24, 2.45) is 11.8 Å². The molecule has 0 bridgehead atoms. The summed E-state index contributed by atoms with van der Waals surface area (Å²) in [6, 6.07) is 6.73. The van der Waals surface area contributed by atoms with E-state index in [9.17, 15) is 8.42 Å². The summed E-state index contributed by atoms with van der Waals surface area (Å²) in [6.07, 6.45) is 6.35. The second kappa shape index (κ2) is 5.81. The van der Waals surface area contributed by atoms with Gasteiger partial charge >= 0.3 is 0 Å². The SMILES string of the molecule is CCOc1ccc(S(=O)(=O)N2CC3CC=CCC3C2)cc1. The van der Waals surface area contributed by atoms with Crippen molar-refractivity contribution in [3.63, 3.8) is 0 Å². The Bertz CT molecular complexity index is 605. The van der Waals surface area contributed by atoms with Crippen molar-refractivity contribution in [2.75, 3.05) is 19.7 Å². The molecule has 0 radical (unpaired) electrons. The maximum absolute atomic E-state index is 12.7. The summed E-state index contributed by atoms with van der Waals surface area (Å²) in [5, 5.41) is 0. The molecular formula is C16H21NO3S. The highest BCUT2D eigenvalue weighted by Crippen LogP contribution is 2.35. The Morgan fingerprint density at radius 3 is 2.19 bits per heavy atom. The fourth-order valence-corrected chi connectivity index (χ4v) is 4.75. The maximum atomic E-state index is 12.7. The van der Waals surface area contributed by atoms with E-state index in [1.54, 1.807) is 28.6 Å². The minimum absolute atomic E-state index is 0.359. The largest absolute Gasteiger partial charge is 0.494 e. The smallest absolute Gasteiger partial charge is 0.243 e. The molecule has 5 heteroatoms. The first kappa shape index (κ1) is 14.6. The van der Waals surface area contributed by atoms with Crippen LogP contribution in [0.3, 0.4) is 0 Å². The van der Waals surface area contributed by atoms with E-state index >= 15 is 0 Å². The van der Waals surface area contributed by atoms with Gasteiger partial charge in [-0.05, 0) is 55.9 Å². The zero-order valence-corrected chi connectivity index (χ0v) is 13.1. The van der Waals surface area contributed by atoms with E-state index < -0.39 is 10.0 Å². The van der Waals surface area contributed by atoms with Crippen LogP contribution in [0.25, 0.3) is 0 Å². The number of hydrogen-bond donors (Lipinski definition) is 0. The Labute approximate surface area is 126 Å². The van der Waals surface area contributed by atoms with Gasteiger partial charge in [-0.15, -0.1) is 0 Å². The van der Waals surface area contributed by atoms with E-state index in [0.29, 0.717) is 42.2 Å². The van der Waals surface area contributed by atoms with Crippen molar-refractivity contribution in [2.45, 2.75) is 24.7 Å². The van der Waals surface area contributed by atoms with Gasteiger partial charge in [-0.3, -0.25) is 0 Å². The van der Waals surface area contributed by atoms with Crippen molar-refractivity contribution in [3.05, 3.63) is 36.4 Å². The summed E-state index contributed by atoms with van der Waals surface area (Å²) >= 11 is 0. The average Bonchev–Trinajstić information content (AvgIpc) is 2.93. The summed E-state index contributed by atoms with van der Waals surface area (Å²) in [5.74, 6) is 1.66. The molecule has 2 unspecified atom stereocenters. The third-order valence-corrected chi connectivity index (χ3v) is 6.21. The van der Waals surface area contributed by atoms with Crippen molar-refractivity contribution in [1.29, 1.82) is 0 Å². The van der Waals surface area contributed by atoms with Gasteiger partial charge in [0.25, 0.3) is 0 Å². The molecule has 1 heterocycles. The lowest BCUT2D eigenvalue weighted by atomic mass is 9.86. The number of rotatable bonds is 4. The zero-order valence-electron chi connectivity index (χ0n) is 12.2. The molecule has 1 aliphatic carbocycles. The van der Waals surface area contributed by atoms with Crippen molar-refractivity contribution >= 4 is 10.0 Å². The number of allylic oxidation sites excluding steroid dienone is 2. The van der Waals surface area contributed by atoms with E-state index in [1.807, 2.05) is 6.92 Å². The quantitative estimate of drug-likeness (QED) is 0.804. The number of nitrogens with zero attached hydrogens (tertiary/aromatic N) is 1. The van der Waals surface area contributed by atoms with Crippen LogP contribution in [-0.2, 0) is 10.0 Å². The number of sulfonamides is 1. The molecule has 2 aliphatic rings. The van der Waals surface area contributed by atoms with Gasteiger partial charge in [-0.1, -0.05) is 12.2 Å². The van der Waals surface area contributed by atoms with Crippen molar-refractivity contribution < 1.29 is 13.2 Å². The standard InChI is InChI=1S/C16H21NO3S/c1-2-20-15-7-9-16(10-8-15)21(18,19)17-11-13-5-3-4-6-14(13)12-17/h3-4,7-10,13-14H,2,5-6,11-12H2,1H3. The lowest BCUT2D eigenvalue weighted by Gasteiger charge is -2.18. The molecule has 0 aromatic heterocycles. The highest BCUT2D eigenvalue weighted by molar-refractivity contribution is 7.89.